The third-order valence-corrected chi connectivity index (χ3v) is 4.28. The Bertz CT molecular complexity index is 549. The number of hydrogen-bond acceptors (Lipinski definition) is 2. The van der Waals surface area contributed by atoms with Crippen molar-refractivity contribution in [1.29, 1.82) is 0 Å². The van der Waals surface area contributed by atoms with Gasteiger partial charge in [-0.05, 0) is 36.0 Å². The molecule has 1 aromatic rings. The highest BCUT2D eigenvalue weighted by molar-refractivity contribution is 6.03. The van der Waals surface area contributed by atoms with Crippen molar-refractivity contribution < 1.29 is 19.8 Å². The normalized spacial score (nSPS) is 12.1. The zero-order valence-corrected chi connectivity index (χ0v) is 14.4. The average Bonchev–Trinajstić information content (AvgIpc) is 2.50. The van der Waals surface area contributed by atoms with E-state index in [4.69, 9.17) is 0 Å². The van der Waals surface area contributed by atoms with Gasteiger partial charge < -0.3 is 10.2 Å². The van der Waals surface area contributed by atoms with Gasteiger partial charge in [0.25, 0.3) is 0 Å². The second kappa shape index (κ2) is 9.33. The van der Waals surface area contributed by atoms with Crippen LogP contribution in [0, 0.1) is 0 Å². The molecule has 0 saturated heterocycles. The van der Waals surface area contributed by atoms with Crippen molar-refractivity contribution in [2.45, 2.75) is 71.6 Å². The third kappa shape index (κ3) is 5.08. The summed E-state index contributed by atoms with van der Waals surface area (Å²) in [6, 6.07) is 3.22. The Labute approximate surface area is 138 Å². The Hall–Kier alpha value is -1.84. The van der Waals surface area contributed by atoms with Crippen LogP contribution in [0.3, 0.4) is 0 Å². The monoisotopic (exact) mass is 320 g/mol. The van der Waals surface area contributed by atoms with E-state index >= 15 is 0 Å². The van der Waals surface area contributed by atoms with Crippen LogP contribution < -0.4 is 0 Å². The molecule has 1 rings (SSSR count). The number of benzene rings is 1. The number of unbranched alkanes of at least 4 members (excludes halogenated alkanes) is 3. The number of carboxylic acids is 2. The summed E-state index contributed by atoms with van der Waals surface area (Å²) in [4.78, 5) is 23.1. The summed E-state index contributed by atoms with van der Waals surface area (Å²) in [7, 11) is 0. The van der Waals surface area contributed by atoms with Crippen molar-refractivity contribution in [2.75, 3.05) is 0 Å². The molecule has 0 aliphatic heterocycles. The van der Waals surface area contributed by atoms with E-state index in [2.05, 4.69) is 6.92 Å². The van der Waals surface area contributed by atoms with Crippen molar-refractivity contribution in [2.24, 2.45) is 0 Å². The predicted octanol–water partition coefficient (Wildman–Crippen LogP) is 5.11. The molecule has 1 unspecified atom stereocenters. The van der Waals surface area contributed by atoms with Crippen LogP contribution in [0.15, 0.2) is 12.1 Å². The predicted molar refractivity (Wildman–Crippen MR) is 91.5 cm³/mol. The van der Waals surface area contributed by atoms with E-state index in [0.29, 0.717) is 0 Å². The van der Waals surface area contributed by atoms with Crippen LogP contribution in [-0.4, -0.2) is 22.2 Å². The number of hydrogen-bond donors (Lipinski definition) is 2. The molecule has 1 aromatic carbocycles. The highest BCUT2D eigenvalue weighted by Gasteiger charge is 2.25. The van der Waals surface area contributed by atoms with Gasteiger partial charge in [0.05, 0.1) is 11.1 Å². The second-order valence-electron chi connectivity index (χ2n) is 6.17. The van der Waals surface area contributed by atoms with Gasteiger partial charge in [0.2, 0.25) is 0 Å². The summed E-state index contributed by atoms with van der Waals surface area (Å²) in [5, 5.41) is 18.9. The molecule has 0 amide bonds. The Morgan fingerprint density at radius 1 is 1.00 bits per heavy atom. The van der Waals surface area contributed by atoms with Crippen LogP contribution in [0.5, 0.6) is 0 Å². The first-order valence-electron chi connectivity index (χ1n) is 8.56. The minimum absolute atomic E-state index is 0.0218. The van der Waals surface area contributed by atoms with Crippen LogP contribution in [0.1, 0.15) is 97.1 Å². The first-order valence-corrected chi connectivity index (χ1v) is 8.56. The van der Waals surface area contributed by atoms with Crippen molar-refractivity contribution in [1.82, 2.24) is 0 Å². The van der Waals surface area contributed by atoms with E-state index in [1.54, 1.807) is 6.07 Å². The summed E-state index contributed by atoms with van der Waals surface area (Å²) >= 11 is 0. The molecule has 4 nitrogen and oxygen atoms in total. The zero-order chi connectivity index (χ0) is 17.4. The van der Waals surface area contributed by atoms with Crippen LogP contribution in [-0.2, 0) is 6.42 Å². The molecule has 0 fully saturated rings. The largest absolute Gasteiger partial charge is 0.478 e. The maximum Gasteiger partial charge on any atom is 0.336 e. The lowest BCUT2D eigenvalue weighted by molar-refractivity contribution is 0.0650. The number of carbonyl (C=O) groups is 2. The number of aryl methyl sites for hydroxylation is 1. The molecular formula is C19H28O4. The molecule has 4 heteroatoms. The van der Waals surface area contributed by atoms with Gasteiger partial charge in [0, 0.05) is 0 Å². The minimum Gasteiger partial charge on any atom is -0.478 e. The fraction of sp³-hybridized carbons (Fsp3) is 0.579. The van der Waals surface area contributed by atoms with E-state index in [-0.39, 0.29) is 17.0 Å². The highest BCUT2D eigenvalue weighted by atomic mass is 16.4. The quantitative estimate of drug-likeness (QED) is 0.587. The van der Waals surface area contributed by atoms with Crippen molar-refractivity contribution in [3.05, 3.63) is 34.4 Å². The summed E-state index contributed by atoms with van der Waals surface area (Å²) in [6.07, 6.45) is 7.07. The Morgan fingerprint density at radius 3 is 2.22 bits per heavy atom. The SMILES string of the molecule is CCCCCCC(C)c1c(CCC)ccc(C(=O)O)c1C(=O)O. The molecule has 0 bridgehead atoms. The molecular weight excluding hydrogens is 292 g/mol. The maximum atomic E-state index is 11.7. The van der Waals surface area contributed by atoms with Gasteiger partial charge in [-0.1, -0.05) is 58.9 Å². The van der Waals surface area contributed by atoms with Gasteiger partial charge in [-0.15, -0.1) is 0 Å². The second-order valence-corrected chi connectivity index (χ2v) is 6.17. The molecule has 0 aliphatic rings. The molecule has 0 spiro atoms. The van der Waals surface area contributed by atoms with Crippen LogP contribution in [0.25, 0.3) is 0 Å². The van der Waals surface area contributed by atoms with Gasteiger partial charge in [0.15, 0.2) is 0 Å². The Kier molecular flexibility index (Phi) is 7.79. The molecule has 0 heterocycles. The first kappa shape index (κ1) is 19.2. The smallest absolute Gasteiger partial charge is 0.336 e. The third-order valence-electron chi connectivity index (χ3n) is 4.28. The van der Waals surface area contributed by atoms with Crippen molar-refractivity contribution >= 4 is 11.9 Å². The first-order chi connectivity index (χ1) is 10.9. The molecule has 23 heavy (non-hydrogen) atoms. The highest BCUT2D eigenvalue weighted by Crippen LogP contribution is 2.32. The van der Waals surface area contributed by atoms with Crippen molar-refractivity contribution in [3.63, 3.8) is 0 Å². The average molecular weight is 320 g/mol. The maximum absolute atomic E-state index is 11.7. The van der Waals surface area contributed by atoms with Gasteiger partial charge in [-0.2, -0.15) is 0 Å². The Balaban J connectivity index is 3.24. The van der Waals surface area contributed by atoms with Gasteiger partial charge >= 0.3 is 11.9 Å². The van der Waals surface area contributed by atoms with E-state index in [1.807, 2.05) is 13.8 Å². The van der Waals surface area contributed by atoms with E-state index in [0.717, 1.165) is 49.7 Å². The van der Waals surface area contributed by atoms with Crippen LogP contribution in [0.4, 0.5) is 0 Å². The van der Waals surface area contributed by atoms with Gasteiger partial charge in [0.1, 0.15) is 0 Å². The zero-order valence-electron chi connectivity index (χ0n) is 14.4. The molecule has 0 aromatic heterocycles. The van der Waals surface area contributed by atoms with E-state index in [9.17, 15) is 19.8 Å². The van der Waals surface area contributed by atoms with Gasteiger partial charge in [-0.25, -0.2) is 9.59 Å². The lowest BCUT2D eigenvalue weighted by Gasteiger charge is -2.20. The Morgan fingerprint density at radius 2 is 1.70 bits per heavy atom. The lowest BCUT2D eigenvalue weighted by atomic mass is 9.84. The molecule has 1 atom stereocenters. The number of rotatable bonds is 10. The summed E-state index contributed by atoms with van der Waals surface area (Å²) in [5.74, 6) is -2.26. The van der Waals surface area contributed by atoms with Crippen molar-refractivity contribution in [3.8, 4) is 0 Å². The standard InChI is InChI=1S/C19H28O4/c1-4-6-7-8-10-13(3)16-14(9-5-2)11-12-15(18(20)21)17(16)19(22)23/h11-13H,4-10H2,1-3H3,(H,20,21)(H,22,23). The molecule has 2 N–H and O–H groups in total. The summed E-state index contributed by atoms with van der Waals surface area (Å²) in [5.41, 5.74) is 1.56. The van der Waals surface area contributed by atoms with Gasteiger partial charge in [-0.3, -0.25) is 0 Å². The summed E-state index contributed by atoms with van der Waals surface area (Å²) in [6.45, 7) is 6.21. The van der Waals surface area contributed by atoms with E-state index < -0.39 is 11.9 Å². The summed E-state index contributed by atoms with van der Waals surface area (Å²) < 4.78 is 0. The molecule has 0 radical (unpaired) electrons. The van der Waals surface area contributed by atoms with Crippen LogP contribution >= 0.6 is 0 Å². The lowest BCUT2D eigenvalue weighted by Crippen LogP contribution is -2.15. The molecule has 128 valence electrons. The van der Waals surface area contributed by atoms with Crippen LogP contribution in [0.2, 0.25) is 0 Å². The number of carboxylic acid groups (broad SMARTS) is 2. The number of aromatic carboxylic acids is 2. The molecule has 0 aliphatic carbocycles. The molecule has 0 saturated carbocycles. The fourth-order valence-corrected chi connectivity index (χ4v) is 3.14. The fourth-order valence-electron chi connectivity index (χ4n) is 3.14. The minimum atomic E-state index is -1.18. The van der Waals surface area contributed by atoms with E-state index in [1.165, 1.54) is 12.5 Å². The topological polar surface area (TPSA) is 74.6 Å².